The number of ether oxygens (including phenoxy) is 27. The summed E-state index contributed by atoms with van der Waals surface area (Å²) in [6.07, 6.45) is -96.4. The Morgan fingerprint density at radius 1 is 0.110 bits per heavy atom. The van der Waals surface area contributed by atoms with E-state index < -0.39 is 437 Å². The second-order valence-electron chi connectivity index (χ2n) is 32.9. The summed E-state index contributed by atoms with van der Waals surface area (Å²) in [6, 6.07) is 0. The monoisotopic (exact) mass is 1870 g/mol. The number of hydrogen-bond donors (Lipinski definition) is 30. The van der Waals surface area contributed by atoms with E-state index in [4.69, 9.17) is 128 Å². The molecule has 14 aliphatic rings. The minimum absolute atomic E-state index is 0.411. The first-order valence-corrected chi connectivity index (χ1v) is 40.9. The average Bonchev–Trinajstić information content (AvgIpc) is 0.797. The first-order valence-electron chi connectivity index (χ1n) is 40.9. The third-order valence-electron chi connectivity index (χ3n) is 24.1. The lowest BCUT2D eigenvalue weighted by molar-refractivity contribution is -0.371. The van der Waals surface area contributed by atoms with Crippen molar-refractivity contribution in [1.29, 1.82) is 0 Å². The SMILES string of the molecule is OC1[C@H](O[C@@H]2CO[C@@H](O[C@@H]3CO[C@H](O[C@@H]4CO[C@H](O[C@@H]5CO[C@H](O[C@@H]6CO[C@H](O[C@@H]7CO[C@H](O[C@@H]8CO[C@H](O[C@@H]9CO[C@H](O[C@@H]%10CO[C@H](O[C@@H]%11CO[C@H](O[C@@H]%12CO[C@H](O[C@@H]%13CO[C@H](O[C@@H]%14CO[C@@H](O)C(O)[C@H]%14O)C(O)[C@H]%13O)C(O)[C@H]%12O)C(O)[C@H]%11O)C(O)[C@H]%10O)C(O)[C@H]9O)C(O)[C@H]8O)C(O)[C@H]7O)C(O)[C@H]6O)C(O)[C@H]5O)C(O)[C@H]4O)C(O)[C@H]3O)C(O)[C@H]2O)OC[C@@H](O)[C@@H]1O. The molecule has 56 atom stereocenters. The molecule has 0 amide bonds. The molecule has 57 heteroatoms. The Bertz CT molecular complexity index is 3060. The van der Waals surface area contributed by atoms with Crippen LogP contribution in [0.4, 0.5) is 0 Å². The minimum Gasteiger partial charge on any atom is -0.388 e. The van der Waals surface area contributed by atoms with Crippen LogP contribution < -0.4 is 0 Å². The van der Waals surface area contributed by atoms with Crippen molar-refractivity contribution in [3.05, 3.63) is 0 Å². The van der Waals surface area contributed by atoms with Gasteiger partial charge >= 0.3 is 0 Å². The standard InChI is InChI=1S/C70H114O57/c71-15-1-102-58(44(87)29(15)72)116-17-3-104-60(46(89)31(17)74)118-19-5-106-62(48(91)33(19)76)120-21-7-108-64(50(93)35(21)78)122-23-9-110-66(52(95)37(23)80)124-25-11-112-68(54(97)39(25)82)126-27-13-114-70(56(99)41(27)84)127-28-14-113-69(55(98)42(28)85)125-26-12-111-67(53(96)40(26)83)123-24-10-109-65(51(94)38(24)81)121-22-8-107-63(49(92)36(22)79)119-20-6-105-61(47(90)34(20)77)117-18-4-103-59(45(88)32(18)75)115-16-2-101-57(100)43(86)30(16)73/h15-100H,1-14H2/t15-,16-,17-,18-,19-,20-,21-,22-,23-,24-,25-,26-,27-,28-,29+,30+,31+,32+,33+,34+,35+,36+,37+,38+,39+,40+,41+,42+,43?,44?,45?,46?,47?,48?,49?,50?,51?,52?,53?,54?,55?,56?,57-,58+,59-,60+,61-,62-,63-,64-,65-,66-,67-,68-,69-,70-/m1/s1. The third-order valence-corrected chi connectivity index (χ3v) is 24.1. The van der Waals surface area contributed by atoms with Crippen LogP contribution in [-0.2, 0) is 128 Å². The fourth-order valence-electron chi connectivity index (χ4n) is 16.1. The van der Waals surface area contributed by atoms with Crippen LogP contribution >= 0.6 is 0 Å². The van der Waals surface area contributed by atoms with E-state index in [2.05, 4.69) is 0 Å². The highest BCUT2D eigenvalue weighted by atomic mass is 16.8. The van der Waals surface area contributed by atoms with Crippen LogP contribution in [-0.4, -0.2) is 590 Å². The van der Waals surface area contributed by atoms with Crippen LogP contribution in [0.3, 0.4) is 0 Å². The maximum absolute atomic E-state index is 11.2. The van der Waals surface area contributed by atoms with E-state index in [1.807, 2.05) is 0 Å². The van der Waals surface area contributed by atoms with Gasteiger partial charge in [0.05, 0.1) is 92.5 Å². The molecule has 127 heavy (non-hydrogen) atoms. The molecule has 57 nitrogen and oxygen atoms in total. The normalized spacial score (nSPS) is 54.9. The van der Waals surface area contributed by atoms with Gasteiger partial charge in [-0.05, 0) is 0 Å². The van der Waals surface area contributed by atoms with Crippen LogP contribution in [0, 0.1) is 0 Å². The van der Waals surface area contributed by atoms with Gasteiger partial charge in [-0.2, -0.15) is 0 Å². The summed E-state index contributed by atoms with van der Waals surface area (Å²) in [4.78, 5) is 0. The summed E-state index contributed by atoms with van der Waals surface area (Å²) in [6.45, 7) is -7.65. The van der Waals surface area contributed by atoms with E-state index in [1.165, 1.54) is 0 Å². The molecule has 0 radical (unpaired) electrons. The van der Waals surface area contributed by atoms with Gasteiger partial charge in [0.1, 0.15) is 256 Å². The predicted octanol–water partition coefficient (Wildman–Crippen LogP) is -22.6. The molecule has 14 fully saturated rings. The predicted molar refractivity (Wildman–Crippen MR) is 376 cm³/mol. The molecule has 0 bridgehead atoms. The average molecular weight is 1870 g/mol. The summed E-state index contributed by atoms with van der Waals surface area (Å²) in [5.74, 6) is 0. The second kappa shape index (κ2) is 43.6. The molecule has 0 aromatic rings. The van der Waals surface area contributed by atoms with Gasteiger partial charge in [-0.3, -0.25) is 0 Å². The lowest BCUT2D eigenvalue weighted by atomic mass is 10.0. The van der Waals surface area contributed by atoms with Crippen LogP contribution in [0.15, 0.2) is 0 Å². The molecule has 0 saturated carbocycles. The Morgan fingerprint density at radius 3 is 0.346 bits per heavy atom. The topological polar surface area (TPSA) is 856 Å². The Labute approximate surface area is 716 Å². The fourth-order valence-corrected chi connectivity index (χ4v) is 16.1. The Balaban J connectivity index is 0.453. The van der Waals surface area contributed by atoms with Crippen molar-refractivity contribution in [2.24, 2.45) is 0 Å². The highest BCUT2D eigenvalue weighted by molar-refractivity contribution is 5.00. The van der Waals surface area contributed by atoms with Crippen LogP contribution in [0.5, 0.6) is 0 Å². The van der Waals surface area contributed by atoms with Gasteiger partial charge in [0, 0.05) is 0 Å². The highest BCUT2D eigenvalue weighted by Gasteiger charge is 2.58. The highest BCUT2D eigenvalue weighted by Crippen LogP contribution is 2.38. The first-order chi connectivity index (χ1) is 60.4. The molecule has 0 aromatic carbocycles. The van der Waals surface area contributed by atoms with E-state index >= 15 is 0 Å². The van der Waals surface area contributed by atoms with Gasteiger partial charge in [0.15, 0.2) is 88.1 Å². The van der Waals surface area contributed by atoms with Crippen molar-refractivity contribution in [3.63, 3.8) is 0 Å². The van der Waals surface area contributed by atoms with Crippen LogP contribution in [0.2, 0.25) is 0 Å². The molecule has 736 valence electrons. The third kappa shape index (κ3) is 22.1. The molecule has 14 heterocycles. The lowest BCUT2D eigenvalue weighted by Crippen LogP contribution is -2.64. The number of aliphatic hydroxyl groups excluding tert-OH is 30. The Kier molecular flexibility index (Phi) is 34.6. The van der Waals surface area contributed by atoms with Gasteiger partial charge in [-0.15, -0.1) is 0 Å². The van der Waals surface area contributed by atoms with Gasteiger partial charge < -0.3 is 281 Å². The zero-order valence-electron chi connectivity index (χ0n) is 66.7. The lowest BCUT2D eigenvalue weighted by Gasteiger charge is -2.46. The van der Waals surface area contributed by atoms with Crippen molar-refractivity contribution < 1.29 is 281 Å². The molecule has 14 saturated heterocycles. The van der Waals surface area contributed by atoms with Gasteiger partial charge in [-0.1, -0.05) is 0 Å². The Morgan fingerprint density at radius 2 is 0.213 bits per heavy atom. The summed E-state index contributed by atoms with van der Waals surface area (Å²) in [7, 11) is 0. The molecule has 14 unspecified atom stereocenters. The zero-order valence-corrected chi connectivity index (χ0v) is 66.7. The number of aliphatic hydroxyl groups is 30. The van der Waals surface area contributed by atoms with Crippen molar-refractivity contribution in [3.8, 4) is 0 Å². The summed E-state index contributed by atoms with van der Waals surface area (Å²) < 4.78 is 150. The molecule has 30 N–H and O–H groups in total. The summed E-state index contributed by atoms with van der Waals surface area (Å²) in [5, 5.41) is 324. The second-order valence-corrected chi connectivity index (χ2v) is 32.9. The van der Waals surface area contributed by atoms with E-state index in [1.54, 1.807) is 0 Å². The Hall–Kier alpha value is -2.28. The molecular weight excluding hydrogens is 1750 g/mol. The first kappa shape index (κ1) is 101. The summed E-state index contributed by atoms with van der Waals surface area (Å²) >= 11 is 0. The molecule has 0 aliphatic carbocycles. The van der Waals surface area contributed by atoms with E-state index in [0.717, 1.165) is 0 Å². The molecule has 0 spiro atoms. The molecule has 14 rings (SSSR count). The van der Waals surface area contributed by atoms with Crippen molar-refractivity contribution in [2.45, 2.75) is 344 Å². The van der Waals surface area contributed by atoms with Gasteiger partial charge in [-0.25, -0.2) is 0 Å². The van der Waals surface area contributed by atoms with Crippen LogP contribution in [0.1, 0.15) is 0 Å². The number of hydrogen-bond acceptors (Lipinski definition) is 57. The van der Waals surface area contributed by atoms with Crippen LogP contribution in [0.25, 0.3) is 0 Å². The quantitative estimate of drug-likeness (QED) is 0.0382. The minimum atomic E-state index is -1.99. The van der Waals surface area contributed by atoms with Crippen molar-refractivity contribution >= 4 is 0 Å². The van der Waals surface area contributed by atoms with Crippen molar-refractivity contribution in [1.82, 2.24) is 0 Å². The van der Waals surface area contributed by atoms with E-state index in [9.17, 15) is 153 Å². The van der Waals surface area contributed by atoms with Crippen molar-refractivity contribution in [2.75, 3.05) is 92.5 Å². The van der Waals surface area contributed by atoms with Gasteiger partial charge in [0.25, 0.3) is 0 Å². The maximum Gasteiger partial charge on any atom is 0.186 e. The van der Waals surface area contributed by atoms with E-state index in [-0.39, 0.29) is 0 Å². The van der Waals surface area contributed by atoms with Gasteiger partial charge in [0.2, 0.25) is 0 Å². The molecule has 14 aliphatic heterocycles. The summed E-state index contributed by atoms with van der Waals surface area (Å²) in [5.41, 5.74) is 0. The largest absolute Gasteiger partial charge is 0.388 e. The van der Waals surface area contributed by atoms with E-state index in [0.29, 0.717) is 0 Å². The smallest absolute Gasteiger partial charge is 0.186 e. The maximum atomic E-state index is 11.2. The molecule has 0 aromatic heterocycles. The number of rotatable bonds is 26. The molecular formula is C70H114O57. The fraction of sp³-hybridized carbons (Fsp3) is 1.00. The zero-order chi connectivity index (χ0) is 91.3.